The van der Waals surface area contributed by atoms with Gasteiger partial charge in [-0.2, -0.15) is 0 Å². The summed E-state index contributed by atoms with van der Waals surface area (Å²) in [6, 6.07) is 4.85. The first kappa shape index (κ1) is 16.9. The number of amides is 2. The number of carbonyl (C=O) groups is 2. The molecule has 116 valence electrons. The molecule has 1 unspecified atom stereocenters. The lowest BCUT2D eigenvalue weighted by atomic mass is 9.99. The van der Waals surface area contributed by atoms with Crippen molar-refractivity contribution >= 4 is 12.0 Å². The van der Waals surface area contributed by atoms with Crippen molar-refractivity contribution in [1.29, 1.82) is 0 Å². The minimum atomic E-state index is -1.06. The van der Waals surface area contributed by atoms with Crippen molar-refractivity contribution in [3.05, 3.63) is 35.6 Å². The average Bonchev–Trinajstić information content (AvgIpc) is 2.45. The van der Waals surface area contributed by atoms with Gasteiger partial charge < -0.3 is 15.7 Å². The van der Waals surface area contributed by atoms with Gasteiger partial charge in [0.2, 0.25) is 0 Å². The molecule has 0 aliphatic carbocycles. The third-order valence-corrected chi connectivity index (χ3v) is 3.40. The molecule has 3 N–H and O–H groups in total. The van der Waals surface area contributed by atoms with E-state index in [0.717, 1.165) is 0 Å². The highest BCUT2D eigenvalue weighted by Crippen LogP contribution is 2.08. The zero-order valence-corrected chi connectivity index (χ0v) is 12.2. The Morgan fingerprint density at radius 1 is 1.33 bits per heavy atom. The van der Waals surface area contributed by atoms with Gasteiger partial charge in [0.25, 0.3) is 0 Å². The summed E-state index contributed by atoms with van der Waals surface area (Å²) < 4.78 is 13.4. The summed E-state index contributed by atoms with van der Waals surface area (Å²) in [5.41, 5.74) is 0.509. The summed E-state index contributed by atoms with van der Waals surface area (Å²) >= 11 is 0. The Morgan fingerprint density at radius 2 is 2.00 bits per heavy atom. The Morgan fingerprint density at radius 3 is 2.57 bits per heavy atom. The fourth-order valence-electron chi connectivity index (χ4n) is 1.89. The van der Waals surface area contributed by atoms with Gasteiger partial charge in [-0.15, -0.1) is 0 Å². The molecule has 2 atom stereocenters. The van der Waals surface area contributed by atoms with Crippen LogP contribution >= 0.6 is 0 Å². The molecule has 6 heteroatoms. The van der Waals surface area contributed by atoms with E-state index in [-0.39, 0.29) is 18.3 Å². The van der Waals surface area contributed by atoms with Gasteiger partial charge in [0.15, 0.2) is 0 Å². The second-order valence-corrected chi connectivity index (χ2v) is 4.94. The maximum absolute atomic E-state index is 13.4. The maximum Gasteiger partial charge on any atom is 0.326 e. The predicted molar refractivity (Wildman–Crippen MR) is 77.5 cm³/mol. The fraction of sp³-hybridized carbons (Fsp3) is 0.467. The molecule has 0 bridgehead atoms. The lowest BCUT2D eigenvalue weighted by Crippen LogP contribution is -2.49. The highest BCUT2D eigenvalue weighted by atomic mass is 19.1. The van der Waals surface area contributed by atoms with Crippen molar-refractivity contribution in [2.75, 3.05) is 6.54 Å². The summed E-state index contributed by atoms with van der Waals surface area (Å²) in [5.74, 6) is -1.55. The molecule has 0 saturated carbocycles. The number of hydrogen-bond donors (Lipinski definition) is 3. The summed E-state index contributed by atoms with van der Waals surface area (Å²) in [7, 11) is 0. The Balaban J connectivity index is 2.43. The fourth-order valence-corrected chi connectivity index (χ4v) is 1.89. The molecule has 0 heterocycles. The van der Waals surface area contributed by atoms with Crippen LogP contribution in [0.2, 0.25) is 0 Å². The lowest BCUT2D eigenvalue weighted by Gasteiger charge is -2.20. The molecule has 0 aliphatic rings. The van der Waals surface area contributed by atoms with Crippen molar-refractivity contribution in [2.24, 2.45) is 5.92 Å². The monoisotopic (exact) mass is 296 g/mol. The largest absolute Gasteiger partial charge is 0.480 e. The number of rotatable bonds is 7. The third kappa shape index (κ3) is 5.41. The Kier molecular flexibility index (Phi) is 6.65. The van der Waals surface area contributed by atoms with Gasteiger partial charge in [0.05, 0.1) is 0 Å². The first-order chi connectivity index (χ1) is 9.95. The molecule has 1 aromatic rings. The van der Waals surface area contributed by atoms with Gasteiger partial charge in [0.1, 0.15) is 11.9 Å². The van der Waals surface area contributed by atoms with Gasteiger partial charge in [0, 0.05) is 6.54 Å². The van der Waals surface area contributed by atoms with Gasteiger partial charge in [-0.1, -0.05) is 38.5 Å². The predicted octanol–water partition coefficient (Wildman–Crippen LogP) is 2.17. The SMILES string of the molecule is CCC(C)[C@H](NC(=O)NCCc1ccccc1F)C(=O)O. The smallest absolute Gasteiger partial charge is 0.326 e. The van der Waals surface area contributed by atoms with Gasteiger partial charge in [-0.05, 0) is 24.0 Å². The van der Waals surface area contributed by atoms with Crippen LogP contribution in [0.1, 0.15) is 25.8 Å². The number of nitrogens with one attached hydrogen (secondary N) is 2. The molecule has 1 rings (SSSR count). The number of benzene rings is 1. The Bertz CT molecular complexity index is 494. The molecule has 0 fully saturated rings. The quantitative estimate of drug-likeness (QED) is 0.721. The van der Waals surface area contributed by atoms with E-state index in [0.29, 0.717) is 18.4 Å². The van der Waals surface area contributed by atoms with Crippen LogP contribution in [0.25, 0.3) is 0 Å². The molecular weight excluding hydrogens is 275 g/mol. The van der Waals surface area contributed by atoms with Gasteiger partial charge in [-0.25, -0.2) is 14.0 Å². The van der Waals surface area contributed by atoms with Crippen LogP contribution in [0, 0.1) is 11.7 Å². The number of urea groups is 1. The second-order valence-electron chi connectivity index (χ2n) is 4.94. The number of aliphatic carboxylic acids is 1. The van der Waals surface area contributed by atoms with Gasteiger partial charge >= 0.3 is 12.0 Å². The number of carboxylic acid groups (broad SMARTS) is 1. The molecule has 0 saturated heterocycles. The van der Waals surface area contributed by atoms with Crippen molar-refractivity contribution in [2.45, 2.75) is 32.7 Å². The molecule has 2 amide bonds. The van der Waals surface area contributed by atoms with Crippen LogP contribution in [0.15, 0.2) is 24.3 Å². The summed E-state index contributed by atoms with van der Waals surface area (Å²) in [5, 5.41) is 14.0. The number of hydrogen-bond acceptors (Lipinski definition) is 2. The molecular formula is C15H21FN2O3. The highest BCUT2D eigenvalue weighted by Gasteiger charge is 2.24. The first-order valence-electron chi connectivity index (χ1n) is 6.96. The van der Waals surface area contributed by atoms with E-state index >= 15 is 0 Å². The summed E-state index contributed by atoms with van der Waals surface area (Å²) in [6.07, 6.45) is 0.994. The van der Waals surface area contributed by atoms with E-state index in [1.54, 1.807) is 25.1 Å². The Hall–Kier alpha value is -2.11. The van der Waals surface area contributed by atoms with Crippen molar-refractivity contribution in [3.8, 4) is 0 Å². The summed E-state index contributed by atoms with van der Waals surface area (Å²) in [6.45, 7) is 3.86. The first-order valence-corrected chi connectivity index (χ1v) is 6.96. The summed E-state index contributed by atoms with van der Waals surface area (Å²) in [4.78, 5) is 22.8. The zero-order valence-electron chi connectivity index (χ0n) is 12.2. The van der Waals surface area contributed by atoms with E-state index in [9.17, 15) is 14.0 Å². The lowest BCUT2D eigenvalue weighted by molar-refractivity contribution is -0.140. The van der Waals surface area contributed by atoms with Crippen LogP contribution < -0.4 is 10.6 Å². The minimum absolute atomic E-state index is 0.167. The van der Waals surface area contributed by atoms with Crippen LogP contribution in [-0.2, 0) is 11.2 Å². The van der Waals surface area contributed by atoms with E-state index in [2.05, 4.69) is 10.6 Å². The van der Waals surface area contributed by atoms with Crippen molar-refractivity contribution in [3.63, 3.8) is 0 Å². The molecule has 0 radical (unpaired) electrons. The third-order valence-electron chi connectivity index (χ3n) is 3.40. The topological polar surface area (TPSA) is 78.4 Å². The second kappa shape index (κ2) is 8.24. The van der Waals surface area contributed by atoms with E-state index in [1.807, 2.05) is 6.92 Å². The standard InChI is InChI=1S/C15H21FN2O3/c1-3-10(2)13(14(19)20)18-15(21)17-9-8-11-6-4-5-7-12(11)16/h4-7,10,13H,3,8-9H2,1-2H3,(H,19,20)(H2,17,18,21)/t10?,13-/m0/s1. The van der Waals surface area contributed by atoms with Crippen molar-refractivity contribution in [1.82, 2.24) is 10.6 Å². The molecule has 1 aromatic carbocycles. The highest BCUT2D eigenvalue weighted by molar-refractivity contribution is 5.82. The van der Waals surface area contributed by atoms with E-state index < -0.39 is 18.0 Å². The number of carboxylic acids is 1. The maximum atomic E-state index is 13.4. The van der Waals surface area contributed by atoms with Gasteiger partial charge in [-0.3, -0.25) is 0 Å². The van der Waals surface area contributed by atoms with E-state index in [1.165, 1.54) is 6.07 Å². The molecule has 0 aliphatic heterocycles. The van der Waals surface area contributed by atoms with E-state index in [4.69, 9.17) is 5.11 Å². The number of carbonyl (C=O) groups excluding carboxylic acids is 1. The zero-order chi connectivity index (χ0) is 15.8. The molecule has 0 aromatic heterocycles. The van der Waals surface area contributed by atoms with Crippen LogP contribution in [0.5, 0.6) is 0 Å². The van der Waals surface area contributed by atoms with Crippen molar-refractivity contribution < 1.29 is 19.1 Å². The van der Waals surface area contributed by atoms with Crippen LogP contribution in [0.4, 0.5) is 9.18 Å². The molecule has 21 heavy (non-hydrogen) atoms. The molecule has 5 nitrogen and oxygen atoms in total. The normalized spacial score (nSPS) is 13.3. The minimum Gasteiger partial charge on any atom is -0.480 e. The number of halogens is 1. The molecule has 0 spiro atoms. The average molecular weight is 296 g/mol. The van der Waals surface area contributed by atoms with Crippen LogP contribution in [-0.4, -0.2) is 29.7 Å². The Labute approximate surface area is 123 Å². The van der Waals surface area contributed by atoms with Crippen LogP contribution in [0.3, 0.4) is 0 Å².